The highest BCUT2D eigenvalue weighted by molar-refractivity contribution is 6.07. The number of halogens is 1. The highest BCUT2D eigenvalue weighted by Crippen LogP contribution is 2.29. The van der Waals surface area contributed by atoms with Gasteiger partial charge in [-0.05, 0) is 36.6 Å². The summed E-state index contributed by atoms with van der Waals surface area (Å²) in [6, 6.07) is 14.4. The molecule has 0 atom stereocenters. The molecule has 1 aliphatic heterocycles. The molecule has 5 heteroatoms. The van der Waals surface area contributed by atoms with Crippen LogP contribution in [0.3, 0.4) is 0 Å². The van der Waals surface area contributed by atoms with E-state index in [0.29, 0.717) is 28.7 Å². The molecule has 2 aromatic carbocycles. The van der Waals surface area contributed by atoms with Crippen LogP contribution in [-0.4, -0.2) is 28.9 Å². The van der Waals surface area contributed by atoms with Crippen LogP contribution in [0.15, 0.2) is 54.7 Å². The van der Waals surface area contributed by atoms with Gasteiger partial charge in [0.05, 0.1) is 16.8 Å². The number of fused-ring (bicyclic) bond motifs is 1. The number of amides is 1. The molecule has 1 N–H and O–H groups in total. The van der Waals surface area contributed by atoms with E-state index in [1.807, 2.05) is 35.2 Å². The van der Waals surface area contributed by atoms with Gasteiger partial charge in [0.15, 0.2) is 0 Å². The number of pyridine rings is 1. The molecule has 2 heterocycles. The smallest absolute Gasteiger partial charge is 0.257 e. The van der Waals surface area contributed by atoms with E-state index in [0.717, 1.165) is 31.5 Å². The Labute approximate surface area is 151 Å². The van der Waals surface area contributed by atoms with Crippen LogP contribution < -0.4 is 5.32 Å². The monoisotopic (exact) mass is 349 g/mol. The van der Waals surface area contributed by atoms with Crippen LogP contribution in [0.2, 0.25) is 0 Å². The standard InChI is InChI=1S/C21H20FN3O/c22-16-8-9-19-17(12-16)20(24-13-15-6-2-1-3-7-15)18(14-23-19)21(26)25-10-4-5-11-25/h1-3,6-9,12,14H,4-5,10-11,13H2,(H,23,24). The molecule has 0 radical (unpaired) electrons. The first-order valence-electron chi connectivity index (χ1n) is 8.88. The normalized spacial score (nSPS) is 14.0. The minimum Gasteiger partial charge on any atom is -0.380 e. The van der Waals surface area contributed by atoms with Crippen LogP contribution in [0.5, 0.6) is 0 Å². The number of nitrogens with one attached hydrogen (secondary N) is 1. The molecular weight excluding hydrogens is 329 g/mol. The van der Waals surface area contributed by atoms with E-state index < -0.39 is 0 Å². The van der Waals surface area contributed by atoms with Crippen LogP contribution in [0.25, 0.3) is 10.9 Å². The van der Waals surface area contributed by atoms with Gasteiger partial charge in [0, 0.05) is 31.2 Å². The Balaban J connectivity index is 1.75. The number of carbonyl (C=O) groups is 1. The van der Waals surface area contributed by atoms with Gasteiger partial charge in [0.25, 0.3) is 5.91 Å². The number of anilines is 1. The lowest BCUT2D eigenvalue weighted by Gasteiger charge is -2.19. The molecule has 0 aliphatic carbocycles. The van der Waals surface area contributed by atoms with Crippen molar-refractivity contribution >= 4 is 22.5 Å². The van der Waals surface area contributed by atoms with Gasteiger partial charge in [-0.15, -0.1) is 0 Å². The van der Waals surface area contributed by atoms with Gasteiger partial charge in [-0.2, -0.15) is 0 Å². The van der Waals surface area contributed by atoms with E-state index in [2.05, 4.69) is 10.3 Å². The lowest BCUT2D eigenvalue weighted by Crippen LogP contribution is -2.28. The van der Waals surface area contributed by atoms with E-state index in [1.54, 1.807) is 12.3 Å². The van der Waals surface area contributed by atoms with E-state index in [4.69, 9.17) is 0 Å². The van der Waals surface area contributed by atoms with Crippen LogP contribution >= 0.6 is 0 Å². The first kappa shape index (κ1) is 16.5. The second kappa shape index (κ2) is 7.12. The minimum absolute atomic E-state index is 0.0447. The third-order valence-electron chi connectivity index (χ3n) is 4.77. The van der Waals surface area contributed by atoms with Gasteiger partial charge < -0.3 is 10.2 Å². The summed E-state index contributed by atoms with van der Waals surface area (Å²) in [7, 11) is 0. The first-order chi connectivity index (χ1) is 12.7. The number of hydrogen-bond acceptors (Lipinski definition) is 3. The van der Waals surface area contributed by atoms with Crippen LogP contribution in [-0.2, 0) is 6.54 Å². The highest BCUT2D eigenvalue weighted by atomic mass is 19.1. The fourth-order valence-electron chi connectivity index (χ4n) is 3.39. The van der Waals surface area contributed by atoms with Crippen molar-refractivity contribution in [1.82, 2.24) is 9.88 Å². The topological polar surface area (TPSA) is 45.2 Å². The zero-order chi connectivity index (χ0) is 17.9. The molecule has 1 aromatic heterocycles. The van der Waals surface area contributed by atoms with Gasteiger partial charge in [-0.25, -0.2) is 4.39 Å². The summed E-state index contributed by atoms with van der Waals surface area (Å²) in [4.78, 5) is 19.2. The average Bonchev–Trinajstić information content (AvgIpc) is 3.21. The third kappa shape index (κ3) is 3.25. The summed E-state index contributed by atoms with van der Waals surface area (Å²) in [6.07, 6.45) is 3.65. The predicted molar refractivity (Wildman–Crippen MR) is 101 cm³/mol. The molecule has 0 bridgehead atoms. The number of hydrogen-bond donors (Lipinski definition) is 1. The Morgan fingerprint density at radius 2 is 1.88 bits per heavy atom. The summed E-state index contributed by atoms with van der Waals surface area (Å²) >= 11 is 0. The van der Waals surface area contributed by atoms with Crippen molar-refractivity contribution < 1.29 is 9.18 Å². The minimum atomic E-state index is -0.340. The maximum Gasteiger partial charge on any atom is 0.257 e. The van der Waals surface area contributed by atoms with Crippen molar-refractivity contribution in [2.24, 2.45) is 0 Å². The molecule has 0 spiro atoms. The maximum atomic E-state index is 13.9. The summed E-state index contributed by atoms with van der Waals surface area (Å²) < 4.78 is 13.9. The van der Waals surface area contributed by atoms with Gasteiger partial charge >= 0.3 is 0 Å². The number of nitrogens with zero attached hydrogens (tertiary/aromatic N) is 2. The molecule has 0 saturated carbocycles. The van der Waals surface area contributed by atoms with Crippen LogP contribution in [0, 0.1) is 5.82 Å². The van der Waals surface area contributed by atoms with Crippen molar-refractivity contribution in [3.63, 3.8) is 0 Å². The van der Waals surface area contributed by atoms with Gasteiger partial charge in [-0.3, -0.25) is 9.78 Å². The number of carbonyl (C=O) groups excluding carboxylic acids is 1. The Kier molecular flexibility index (Phi) is 4.52. The van der Waals surface area contributed by atoms with Crippen molar-refractivity contribution in [2.75, 3.05) is 18.4 Å². The summed E-state index contributed by atoms with van der Waals surface area (Å²) in [5.41, 5.74) is 2.91. The van der Waals surface area contributed by atoms with E-state index in [9.17, 15) is 9.18 Å². The molecule has 26 heavy (non-hydrogen) atoms. The summed E-state index contributed by atoms with van der Waals surface area (Å²) in [6.45, 7) is 2.08. The van der Waals surface area contributed by atoms with Crippen molar-refractivity contribution in [3.8, 4) is 0 Å². The molecule has 1 fully saturated rings. The largest absolute Gasteiger partial charge is 0.380 e. The molecule has 1 saturated heterocycles. The molecule has 1 aliphatic rings. The van der Waals surface area contributed by atoms with E-state index in [1.165, 1.54) is 12.1 Å². The average molecular weight is 349 g/mol. The highest BCUT2D eigenvalue weighted by Gasteiger charge is 2.23. The van der Waals surface area contributed by atoms with Crippen LogP contribution in [0.4, 0.5) is 10.1 Å². The Hall–Kier alpha value is -2.95. The van der Waals surface area contributed by atoms with Gasteiger partial charge in [0.1, 0.15) is 5.82 Å². The lowest BCUT2D eigenvalue weighted by atomic mass is 10.1. The quantitative estimate of drug-likeness (QED) is 0.767. The number of benzene rings is 2. The first-order valence-corrected chi connectivity index (χ1v) is 8.88. The molecule has 1 amide bonds. The molecule has 132 valence electrons. The Morgan fingerprint density at radius 3 is 2.65 bits per heavy atom. The molecule has 4 nitrogen and oxygen atoms in total. The molecular formula is C21H20FN3O. The lowest BCUT2D eigenvalue weighted by molar-refractivity contribution is 0.0793. The van der Waals surface area contributed by atoms with E-state index in [-0.39, 0.29) is 11.7 Å². The summed E-state index contributed by atoms with van der Waals surface area (Å²) in [5, 5.41) is 3.98. The fraction of sp³-hybridized carbons (Fsp3) is 0.238. The fourth-order valence-corrected chi connectivity index (χ4v) is 3.39. The maximum absolute atomic E-state index is 13.9. The van der Waals surface area contributed by atoms with Gasteiger partial charge in [0.2, 0.25) is 0 Å². The zero-order valence-electron chi connectivity index (χ0n) is 14.4. The second-order valence-corrected chi connectivity index (χ2v) is 6.55. The van der Waals surface area contributed by atoms with Gasteiger partial charge in [-0.1, -0.05) is 30.3 Å². The van der Waals surface area contributed by atoms with Crippen LogP contribution in [0.1, 0.15) is 28.8 Å². The molecule has 0 unspecified atom stereocenters. The Bertz CT molecular complexity index is 937. The zero-order valence-corrected chi connectivity index (χ0v) is 14.4. The number of likely N-dealkylation sites (tertiary alicyclic amines) is 1. The van der Waals surface area contributed by atoms with Crippen molar-refractivity contribution in [3.05, 3.63) is 71.7 Å². The molecule has 3 aromatic rings. The Morgan fingerprint density at radius 1 is 1.12 bits per heavy atom. The summed E-state index contributed by atoms with van der Waals surface area (Å²) in [5.74, 6) is -0.385. The number of aromatic nitrogens is 1. The predicted octanol–water partition coefficient (Wildman–Crippen LogP) is 4.22. The molecule has 4 rings (SSSR count). The van der Waals surface area contributed by atoms with E-state index >= 15 is 0 Å². The number of rotatable bonds is 4. The SMILES string of the molecule is O=C(c1cnc2ccc(F)cc2c1NCc1ccccc1)N1CCCC1. The van der Waals surface area contributed by atoms with Crippen molar-refractivity contribution in [2.45, 2.75) is 19.4 Å². The van der Waals surface area contributed by atoms with Crippen molar-refractivity contribution in [1.29, 1.82) is 0 Å². The second-order valence-electron chi connectivity index (χ2n) is 6.55. The third-order valence-corrected chi connectivity index (χ3v) is 4.77.